The number of aryl methyl sites for hydroxylation is 1. The van der Waals surface area contributed by atoms with Crippen LogP contribution in [0.3, 0.4) is 0 Å². The Morgan fingerprint density at radius 1 is 1.28 bits per heavy atom. The fraction of sp³-hybridized carbons (Fsp3) is 0.545. The average molecular weight is 437 g/mol. The smallest absolute Gasteiger partial charge is 0.225 e. The van der Waals surface area contributed by atoms with E-state index in [-0.39, 0.29) is 0 Å². The Labute approximate surface area is 184 Å². The van der Waals surface area contributed by atoms with Crippen LogP contribution in [0.4, 0.5) is 11.8 Å². The summed E-state index contributed by atoms with van der Waals surface area (Å²) < 4.78 is 5.51. The maximum absolute atomic E-state index is 6.35. The third kappa shape index (κ3) is 6.96. The first-order chi connectivity index (χ1) is 14.0. The Morgan fingerprint density at radius 2 is 2.07 bits per heavy atom. The number of nitrogens with one attached hydrogen (secondary N) is 1. The summed E-state index contributed by atoms with van der Waals surface area (Å²) in [6.07, 6.45) is 7.32. The van der Waals surface area contributed by atoms with Gasteiger partial charge in [0.1, 0.15) is 11.6 Å². The second-order valence-electron chi connectivity index (χ2n) is 7.22. The lowest BCUT2D eigenvalue weighted by atomic mass is 10.0. The maximum Gasteiger partial charge on any atom is 0.225 e. The minimum absolute atomic E-state index is 0.368. The summed E-state index contributed by atoms with van der Waals surface area (Å²) in [5, 5.41) is 3.50. The molecular formula is C22H33ClN4OS. The third-order valence-corrected chi connectivity index (χ3v) is 5.97. The summed E-state index contributed by atoms with van der Waals surface area (Å²) in [6, 6.07) is 6.34. The molecule has 0 saturated carbocycles. The molecule has 1 heterocycles. The highest BCUT2D eigenvalue weighted by Gasteiger charge is 2.15. The van der Waals surface area contributed by atoms with Crippen molar-refractivity contribution < 1.29 is 4.74 Å². The number of anilines is 2. The van der Waals surface area contributed by atoms with E-state index in [1.807, 2.05) is 30.8 Å². The summed E-state index contributed by atoms with van der Waals surface area (Å²) >= 11 is 7.87. The lowest BCUT2D eigenvalue weighted by Gasteiger charge is -2.20. The van der Waals surface area contributed by atoms with Crippen LogP contribution in [0.15, 0.2) is 18.2 Å². The molecule has 160 valence electrons. The number of hydrogen-bond acceptors (Lipinski definition) is 6. The van der Waals surface area contributed by atoms with Gasteiger partial charge >= 0.3 is 0 Å². The molecule has 29 heavy (non-hydrogen) atoms. The first-order valence-corrected chi connectivity index (χ1v) is 12.0. The zero-order valence-electron chi connectivity index (χ0n) is 17.9. The summed E-state index contributed by atoms with van der Waals surface area (Å²) in [5.41, 5.74) is 10.2. The minimum Gasteiger partial charge on any atom is -0.496 e. The van der Waals surface area contributed by atoms with Gasteiger partial charge in [0.15, 0.2) is 0 Å². The van der Waals surface area contributed by atoms with Crippen LogP contribution >= 0.6 is 23.4 Å². The number of aromatic nitrogens is 2. The van der Waals surface area contributed by atoms with Crippen molar-refractivity contribution in [2.24, 2.45) is 0 Å². The van der Waals surface area contributed by atoms with Crippen molar-refractivity contribution in [3.8, 4) is 5.75 Å². The van der Waals surface area contributed by atoms with Crippen LogP contribution in [-0.4, -0.2) is 35.1 Å². The van der Waals surface area contributed by atoms with E-state index in [4.69, 9.17) is 27.1 Å². The number of nitrogens with two attached hydrogens (primary N) is 1. The summed E-state index contributed by atoms with van der Waals surface area (Å²) in [7, 11) is 1.67. The molecule has 0 bridgehead atoms. The lowest BCUT2D eigenvalue weighted by Crippen LogP contribution is -2.23. The Morgan fingerprint density at radius 3 is 2.69 bits per heavy atom. The number of halogens is 1. The zero-order valence-corrected chi connectivity index (χ0v) is 19.5. The van der Waals surface area contributed by atoms with E-state index in [1.165, 1.54) is 12.8 Å². The lowest BCUT2D eigenvalue weighted by molar-refractivity contribution is 0.410. The molecule has 0 aliphatic heterocycles. The molecule has 0 unspecified atom stereocenters. The Bertz CT molecular complexity index is 756. The molecule has 0 spiro atoms. The number of nitrogen functional groups attached to an aromatic ring is 1. The van der Waals surface area contributed by atoms with Gasteiger partial charge < -0.3 is 15.8 Å². The molecule has 5 nitrogen and oxygen atoms in total. The van der Waals surface area contributed by atoms with Gasteiger partial charge in [-0.25, -0.2) is 4.98 Å². The van der Waals surface area contributed by atoms with Crippen molar-refractivity contribution in [3.05, 3.63) is 40.6 Å². The van der Waals surface area contributed by atoms with E-state index in [0.717, 1.165) is 46.7 Å². The van der Waals surface area contributed by atoms with Crippen molar-refractivity contribution in [2.75, 3.05) is 30.2 Å². The molecule has 7 heteroatoms. The van der Waals surface area contributed by atoms with Crippen LogP contribution < -0.4 is 15.8 Å². The number of nitrogens with zero attached hydrogens (tertiary/aromatic N) is 2. The molecule has 0 radical (unpaired) electrons. The molecule has 0 amide bonds. The maximum atomic E-state index is 6.35. The largest absolute Gasteiger partial charge is 0.496 e. The van der Waals surface area contributed by atoms with Crippen molar-refractivity contribution >= 4 is 35.1 Å². The normalized spacial score (nSPS) is 12.0. The Hall–Kier alpha value is -1.66. The van der Waals surface area contributed by atoms with Crippen molar-refractivity contribution in [3.63, 3.8) is 0 Å². The van der Waals surface area contributed by atoms with Gasteiger partial charge in [0, 0.05) is 29.6 Å². The van der Waals surface area contributed by atoms with Crippen molar-refractivity contribution in [1.29, 1.82) is 0 Å². The number of unbranched alkanes of at least 4 members (excludes halogenated alkanes) is 1. The van der Waals surface area contributed by atoms with E-state index in [2.05, 4.69) is 29.5 Å². The number of ether oxygens (including phenoxy) is 1. The van der Waals surface area contributed by atoms with Crippen molar-refractivity contribution in [2.45, 2.75) is 57.9 Å². The number of thioether (sulfide) groups is 1. The second-order valence-corrected chi connectivity index (χ2v) is 8.47. The fourth-order valence-corrected chi connectivity index (χ4v) is 4.01. The highest BCUT2D eigenvalue weighted by molar-refractivity contribution is 7.98. The summed E-state index contributed by atoms with van der Waals surface area (Å²) in [5.74, 6) is 3.52. The molecule has 0 saturated heterocycles. The van der Waals surface area contributed by atoms with Gasteiger partial charge in [-0.05, 0) is 49.0 Å². The predicted octanol–water partition coefficient (Wildman–Crippen LogP) is 5.43. The molecule has 0 aliphatic carbocycles. The van der Waals surface area contributed by atoms with Gasteiger partial charge in [0.05, 0.1) is 7.11 Å². The zero-order chi connectivity index (χ0) is 21.2. The third-order valence-electron chi connectivity index (χ3n) is 5.02. The number of rotatable bonds is 12. The van der Waals surface area contributed by atoms with E-state index in [9.17, 15) is 0 Å². The predicted molar refractivity (Wildman–Crippen MR) is 126 cm³/mol. The van der Waals surface area contributed by atoms with Crippen LogP contribution in [0.5, 0.6) is 5.75 Å². The van der Waals surface area contributed by atoms with Crippen LogP contribution in [-0.2, 0) is 12.3 Å². The summed E-state index contributed by atoms with van der Waals surface area (Å²) in [6.45, 7) is 4.20. The standard InChI is InChI=1S/C22H33ClN4OS/c1-5-6-7-18(10-11-29-4)26-22-25-15(2)19(21(24)27-22)13-17-12-16(14-23)8-9-20(17)28-3/h8-9,12,18H,5-7,10-11,13-14H2,1-4H3,(H3,24,25,26,27)/t18-/m0/s1. The van der Waals surface area contributed by atoms with Gasteiger partial charge in [0.2, 0.25) is 5.95 Å². The summed E-state index contributed by atoms with van der Waals surface area (Å²) in [4.78, 5) is 9.27. The molecule has 2 aromatic rings. The first kappa shape index (κ1) is 23.6. The molecular weight excluding hydrogens is 404 g/mol. The molecule has 0 aliphatic rings. The second kappa shape index (κ2) is 12.1. The molecule has 0 fully saturated rings. The van der Waals surface area contributed by atoms with Crippen LogP contribution in [0.2, 0.25) is 0 Å². The number of alkyl halides is 1. The number of hydrogen-bond donors (Lipinski definition) is 2. The van der Waals surface area contributed by atoms with Gasteiger partial charge in [-0.1, -0.05) is 31.9 Å². The van der Waals surface area contributed by atoms with Gasteiger partial charge in [-0.3, -0.25) is 0 Å². The van der Waals surface area contributed by atoms with Gasteiger partial charge in [-0.15, -0.1) is 11.6 Å². The molecule has 2 rings (SSSR count). The molecule has 1 atom stereocenters. The van der Waals surface area contributed by atoms with Gasteiger partial charge in [0.25, 0.3) is 0 Å². The average Bonchev–Trinajstić information content (AvgIpc) is 2.72. The van der Waals surface area contributed by atoms with E-state index >= 15 is 0 Å². The quantitative estimate of drug-likeness (QED) is 0.432. The van der Waals surface area contributed by atoms with Gasteiger partial charge in [-0.2, -0.15) is 16.7 Å². The molecule has 1 aromatic heterocycles. The number of benzene rings is 1. The fourth-order valence-electron chi connectivity index (χ4n) is 3.33. The number of methoxy groups -OCH3 is 1. The van der Waals surface area contributed by atoms with E-state index in [1.54, 1.807) is 7.11 Å². The van der Waals surface area contributed by atoms with E-state index in [0.29, 0.717) is 30.1 Å². The monoisotopic (exact) mass is 436 g/mol. The first-order valence-electron chi connectivity index (χ1n) is 10.1. The minimum atomic E-state index is 0.368. The Balaban J connectivity index is 2.22. The highest BCUT2D eigenvalue weighted by Crippen LogP contribution is 2.27. The highest BCUT2D eigenvalue weighted by atomic mass is 35.5. The Kier molecular flexibility index (Phi) is 9.88. The van der Waals surface area contributed by atoms with Crippen LogP contribution in [0.1, 0.15) is 55.0 Å². The van der Waals surface area contributed by atoms with Crippen molar-refractivity contribution in [1.82, 2.24) is 9.97 Å². The topological polar surface area (TPSA) is 73.1 Å². The molecule has 1 aromatic carbocycles. The molecule has 3 N–H and O–H groups in total. The van der Waals surface area contributed by atoms with E-state index < -0.39 is 0 Å². The van der Waals surface area contributed by atoms with Crippen LogP contribution in [0.25, 0.3) is 0 Å². The SMILES string of the molecule is CCCC[C@@H](CCSC)Nc1nc(C)c(Cc2cc(CCl)ccc2OC)c(N)n1. The van der Waals surface area contributed by atoms with Crippen LogP contribution in [0, 0.1) is 6.92 Å².